The molecule has 0 spiro atoms. The summed E-state index contributed by atoms with van der Waals surface area (Å²) in [7, 11) is 3.06. The SMILES string of the molecule is COCCN1C(=O)C(=O)C(=C(O)c2ccc(OC)c(C)c2)C1c1ccc(O)cc1. The summed E-state index contributed by atoms with van der Waals surface area (Å²) >= 11 is 0. The number of phenolic OH excluding ortho intramolecular Hbond substituents is 1. The maximum Gasteiger partial charge on any atom is 0.295 e. The van der Waals surface area contributed by atoms with Crippen LogP contribution in [-0.2, 0) is 14.3 Å². The number of amides is 1. The summed E-state index contributed by atoms with van der Waals surface area (Å²) in [4.78, 5) is 26.9. The second-order valence-electron chi connectivity index (χ2n) is 6.76. The molecule has 2 aromatic carbocycles. The van der Waals surface area contributed by atoms with Gasteiger partial charge in [-0.25, -0.2) is 0 Å². The minimum atomic E-state index is -0.784. The second kappa shape index (κ2) is 8.36. The molecule has 0 aromatic heterocycles. The molecule has 1 amide bonds. The van der Waals surface area contributed by atoms with Gasteiger partial charge in [-0.3, -0.25) is 9.59 Å². The summed E-state index contributed by atoms with van der Waals surface area (Å²) in [5, 5.41) is 20.6. The average Bonchev–Trinajstić information content (AvgIpc) is 2.96. The molecule has 1 aliphatic rings. The zero-order chi connectivity index (χ0) is 21.1. The molecule has 1 atom stereocenters. The van der Waals surface area contributed by atoms with Crippen LogP contribution in [-0.4, -0.2) is 54.2 Å². The Morgan fingerprint density at radius 3 is 2.38 bits per heavy atom. The third-order valence-electron chi connectivity index (χ3n) is 4.95. The number of aromatic hydroxyl groups is 1. The van der Waals surface area contributed by atoms with Crippen molar-refractivity contribution in [3.05, 3.63) is 64.7 Å². The number of methoxy groups -OCH3 is 2. The fourth-order valence-electron chi connectivity index (χ4n) is 3.48. The van der Waals surface area contributed by atoms with E-state index in [2.05, 4.69) is 0 Å². The molecule has 1 saturated heterocycles. The van der Waals surface area contributed by atoms with Crippen LogP contribution in [0.25, 0.3) is 5.76 Å². The number of hydrogen-bond acceptors (Lipinski definition) is 6. The van der Waals surface area contributed by atoms with Crippen LogP contribution in [0.1, 0.15) is 22.7 Å². The molecule has 1 fully saturated rings. The summed E-state index contributed by atoms with van der Waals surface area (Å²) < 4.78 is 10.3. The normalized spacial score (nSPS) is 18.3. The van der Waals surface area contributed by atoms with E-state index >= 15 is 0 Å². The van der Waals surface area contributed by atoms with Gasteiger partial charge in [0.2, 0.25) is 0 Å². The highest BCUT2D eigenvalue weighted by molar-refractivity contribution is 6.46. The van der Waals surface area contributed by atoms with Gasteiger partial charge in [0.05, 0.1) is 25.3 Å². The van der Waals surface area contributed by atoms with Gasteiger partial charge in [-0.05, 0) is 48.4 Å². The molecule has 2 N–H and O–H groups in total. The number of phenols is 1. The third kappa shape index (κ3) is 3.82. The largest absolute Gasteiger partial charge is 0.508 e. The third-order valence-corrected chi connectivity index (χ3v) is 4.95. The lowest BCUT2D eigenvalue weighted by Crippen LogP contribution is -2.32. The number of Topliss-reactive ketones (excluding diaryl/α,β-unsaturated/α-hetero) is 1. The number of carbonyl (C=O) groups is 2. The number of rotatable bonds is 6. The van der Waals surface area contributed by atoms with E-state index in [1.807, 2.05) is 6.92 Å². The van der Waals surface area contributed by atoms with Gasteiger partial charge in [-0.15, -0.1) is 0 Å². The molecule has 0 bridgehead atoms. The lowest BCUT2D eigenvalue weighted by atomic mass is 9.94. The average molecular weight is 397 g/mol. The Labute approximate surface area is 168 Å². The summed E-state index contributed by atoms with van der Waals surface area (Å²) in [6.45, 7) is 2.25. The molecule has 0 saturated carbocycles. The zero-order valence-electron chi connectivity index (χ0n) is 16.5. The van der Waals surface area contributed by atoms with E-state index in [0.717, 1.165) is 5.56 Å². The molecule has 0 aliphatic carbocycles. The molecule has 0 radical (unpaired) electrons. The Morgan fingerprint density at radius 1 is 1.10 bits per heavy atom. The summed E-state index contributed by atoms with van der Waals surface area (Å²) in [6, 6.07) is 10.4. The lowest BCUT2D eigenvalue weighted by molar-refractivity contribution is -0.140. The van der Waals surface area contributed by atoms with Crippen molar-refractivity contribution in [3.8, 4) is 11.5 Å². The predicted molar refractivity (Wildman–Crippen MR) is 107 cm³/mol. The first-order valence-electron chi connectivity index (χ1n) is 9.10. The van der Waals surface area contributed by atoms with E-state index in [1.165, 1.54) is 24.1 Å². The molecule has 1 heterocycles. The van der Waals surface area contributed by atoms with Crippen molar-refractivity contribution in [2.75, 3.05) is 27.4 Å². The van der Waals surface area contributed by atoms with Crippen LogP contribution >= 0.6 is 0 Å². The highest BCUT2D eigenvalue weighted by Crippen LogP contribution is 2.40. The molecule has 7 nitrogen and oxygen atoms in total. The summed E-state index contributed by atoms with van der Waals surface area (Å²) in [5.74, 6) is -1.00. The number of benzene rings is 2. The number of aliphatic hydroxyl groups is 1. The van der Waals surface area contributed by atoms with Crippen LogP contribution in [0.15, 0.2) is 48.0 Å². The van der Waals surface area contributed by atoms with Crippen molar-refractivity contribution in [1.82, 2.24) is 4.90 Å². The fourth-order valence-corrected chi connectivity index (χ4v) is 3.48. The number of likely N-dealkylation sites (tertiary alicyclic amines) is 1. The van der Waals surface area contributed by atoms with Gasteiger partial charge in [0, 0.05) is 19.2 Å². The van der Waals surface area contributed by atoms with Crippen LogP contribution in [0.5, 0.6) is 11.5 Å². The van der Waals surface area contributed by atoms with Crippen LogP contribution in [0, 0.1) is 6.92 Å². The Morgan fingerprint density at radius 2 is 1.79 bits per heavy atom. The van der Waals surface area contributed by atoms with Gasteiger partial charge in [-0.2, -0.15) is 0 Å². The monoisotopic (exact) mass is 397 g/mol. The maximum atomic E-state index is 12.8. The van der Waals surface area contributed by atoms with E-state index in [1.54, 1.807) is 37.4 Å². The summed E-state index contributed by atoms with van der Waals surface area (Å²) in [5.41, 5.74) is 1.80. The number of aryl methyl sites for hydroxylation is 1. The Balaban J connectivity index is 2.15. The highest BCUT2D eigenvalue weighted by atomic mass is 16.5. The Kier molecular flexibility index (Phi) is 5.89. The van der Waals surface area contributed by atoms with Crippen molar-refractivity contribution in [3.63, 3.8) is 0 Å². The first-order valence-corrected chi connectivity index (χ1v) is 9.10. The zero-order valence-corrected chi connectivity index (χ0v) is 16.5. The van der Waals surface area contributed by atoms with Gasteiger partial charge in [0.15, 0.2) is 0 Å². The number of aliphatic hydroxyl groups excluding tert-OH is 1. The van der Waals surface area contributed by atoms with Crippen LogP contribution in [0.2, 0.25) is 0 Å². The van der Waals surface area contributed by atoms with Crippen LogP contribution < -0.4 is 4.74 Å². The van der Waals surface area contributed by atoms with Crippen molar-refractivity contribution in [2.24, 2.45) is 0 Å². The Bertz CT molecular complexity index is 964. The van der Waals surface area contributed by atoms with Gasteiger partial charge >= 0.3 is 0 Å². The molecule has 2 aromatic rings. The molecule has 29 heavy (non-hydrogen) atoms. The number of ketones is 1. The second-order valence-corrected chi connectivity index (χ2v) is 6.76. The predicted octanol–water partition coefficient (Wildman–Crippen LogP) is 2.78. The van der Waals surface area contributed by atoms with Crippen LogP contribution in [0.4, 0.5) is 0 Å². The molecular formula is C22H23NO6. The van der Waals surface area contributed by atoms with Gasteiger partial charge in [0.1, 0.15) is 17.3 Å². The number of carbonyl (C=O) groups excluding carboxylic acids is 2. The van der Waals surface area contributed by atoms with Gasteiger partial charge in [-0.1, -0.05) is 12.1 Å². The molecule has 1 unspecified atom stereocenters. The van der Waals surface area contributed by atoms with E-state index in [9.17, 15) is 19.8 Å². The minimum absolute atomic E-state index is 0.00126. The highest BCUT2D eigenvalue weighted by Gasteiger charge is 2.45. The quantitative estimate of drug-likeness (QED) is 0.442. The van der Waals surface area contributed by atoms with Gasteiger partial charge < -0.3 is 24.6 Å². The number of nitrogens with zero attached hydrogens (tertiary/aromatic N) is 1. The molecule has 3 rings (SSSR count). The van der Waals surface area contributed by atoms with Crippen molar-refractivity contribution in [1.29, 1.82) is 0 Å². The minimum Gasteiger partial charge on any atom is -0.508 e. The standard InChI is InChI=1S/C22H23NO6/c1-13-12-15(6-9-17(13)29-3)20(25)18-19(14-4-7-16(24)8-5-14)23(10-11-28-2)22(27)21(18)26/h4-9,12,19,24-25H,10-11H2,1-3H3. The van der Waals surface area contributed by atoms with E-state index in [0.29, 0.717) is 16.9 Å². The smallest absolute Gasteiger partial charge is 0.295 e. The summed E-state index contributed by atoms with van der Waals surface area (Å²) in [6.07, 6.45) is 0. The van der Waals surface area contributed by atoms with Crippen LogP contribution in [0.3, 0.4) is 0 Å². The van der Waals surface area contributed by atoms with Crippen molar-refractivity contribution < 1.29 is 29.3 Å². The number of hydrogen-bond donors (Lipinski definition) is 2. The van der Waals surface area contributed by atoms with E-state index in [4.69, 9.17) is 9.47 Å². The fraction of sp³-hybridized carbons (Fsp3) is 0.273. The topological polar surface area (TPSA) is 96.3 Å². The van der Waals surface area contributed by atoms with Crippen molar-refractivity contribution >= 4 is 17.4 Å². The van der Waals surface area contributed by atoms with E-state index < -0.39 is 17.7 Å². The van der Waals surface area contributed by atoms with E-state index in [-0.39, 0.29) is 30.2 Å². The molecular weight excluding hydrogens is 374 g/mol. The maximum absolute atomic E-state index is 12.8. The first kappa shape index (κ1) is 20.4. The molecule has 1 aliphatic heterocycles. The lowest BCUT2D eigenvalue weighted by Gasteiger charge is -2.25. The molecule has 152 valence electrons. The Hall–Kier alpha value is -3.32. The first-order chi connectivity index (χ1) is 13.9. The van der Waals surface area contributed by atoms with Crippen molar-refractivity contribution in [2.45, 2.75) is 13.0 Å². The number of ether oxygens (including phenoxy) is 2. The molecule has 7 heteroatoms. The van der Waals surface area contributed by atoms with Gasteiger partial charge in [0.25, 0.3) is 11.7 Å².